The SMILES string of the molecule is COc1cc(C2C(C#N)=C(N)Oc3c2c(C)nn3-c2cccc(C(=O)O)c2)cc(OC)c1O. The number of phenols is 1. The van der Waals surface area contributed by atoms with E-state index in [-0.39, 0.29) is 40.1 Å². The van der Waals surface area contributed by atoms with Gasteiger partial charge in [0.15, 0.2) is 11.5 Å². The fourth-order valence-corrected chi connectivity index (χ4v) is 3.87. The number of carboxylic acids is 1. The number of aromatic carboxylic acids is 1. The summed E-state index contributed by atoms with van der Waals surface area (Å²) in [6.07, 6.45) is 0. The van der Waals surface area contributed by atoms with Crippen molar-refractivity contribution in [2.75, 3.05) is 14.2 Å². The maximum atomic E-state index is 11.4. The maximum absolute atomic E-state index is 11.4. The van der Waals surface area contributed by atoms with E-state index in [0.717, 1.165) is 0 Å². The van der Waals surface area contributed by atoms with Gasteiger partial charge in [-0.15, -0.1) is 0 Å². The fourth-order valence-electron chi connectivity index (χ4n) is 3.87. The first-order valence-electron chi connectivity index (χ1n) is 9.76. The molecule has 4 N–H and O–H groups in total. The molecule has 1 atom stereocenters. The molecule has 0 bridgehead atoms. The highest BCUT2D eigenvalue weighted by Gasteiger charge is 2.37. The van der Waals surface area contributed by atoms with Crippen molar-refractivity contribution in [2.24, 2.45) is 5.73 Å². The Hall–Kier alpha value is -4.65. The van der Waals surface area contributed by atoms with Gasteiger partial charge >= 0.3 is 5.97 Å². The highest BCUT2D eigenvalue weighted by Crippen LogP contribution is 2.48. The normalized spacial score (nSPS) is 14.8. The number of benzene rings is 2. The van der Waals surface area contributed by atoms with Crippen molar-refractivity contribution in [3.05, 3.63) is 70.2 Å². The highest BCUT2D eigenvalue weighted by molar-refractivity contribution is 5.88. The van der Waals surface area contributed by atoms with E-state index >= 15 is 0 Å². The zero-order valence-corrected chi connectivity index (χ0v) is 18.0. The van der Waals surface area contributed by atoms with Crippen LogP contribution in [0.1, 0.15) is 33.1 Å². The topological polar surface area (TPSA) is 153 Å². The second-order valence-corrected chi connectivity index (χ2v) is 7.27. The fraction of sp³-hybridized carbons (Fsp3) is 0.174. The summed E-state index contributed by atoms with van der Waals surface area (Å²) in [6.45, 7) is 1.75. The number of methoxy groups -OCH3 is 2. The molecular formula is C23H20N4O6. The van der Waals surface area contributed by atoms with Crippen molar-refractivity contribution in [3.8, 4) is 34.9 Å². The largest absolute Gasteiger partial charge is 0.502 e. The monoisotopic (exact) mass is 448 g/mol. The molecule has 0 aliphatic carbocycles. The molecule has 1 aromatic heterocycles. The number of nitrogens with two attached hydrogens (primary N) is 1. The number of phenolic OH excluding ortho intramolecular Hbond substituents is 1. The van der Waals surface area contributed by atoms with Crippen LogP contribution >= 0.6 is 0 Å². The van der Waals surface area contributed by atoms with Gasteiger partial charge in [-0.1, -0.05) is 6.07 Å². The van der Waals surface area contributed by atoms with Crippen molar-refractivity contribution >= 4 is 5.97 Å². The van der Waals surface area contributed by atoms with E-state index in [1.165, 1.54) is 31.0 Å². The Morgan fingerprint density at radius 1 is 1.24 bits per heavy atom. The van der Waals surface area contributed by atoms with Gasteiger partial charge in [0.25, 0.3) is 0 Å². The number of hydrogen-bond donors (Lipinski definition) is 3. The van der Waals surface area contributed by atoms with Gasteiger partial charge in [0.05, 0.1) is 42.6 Å². The third-order valence-corrected chi connectivity index (χ3v) is 5.41. The summed E-state index contributed by atoms with van der Waals surface area (Å²) in [7, 11) is 2.81. The van der Waals surface area contributed by atoms with Crippen LogP contribution in [-0.2, 0) is 0 Å². The zero-order valence-electron chi connectivity index (χ0n) is 18.0. The third kappa shape index (κ3) is 3.45. The number of fused-ring (bicyclic) bond motifs is 1. The second kappa shape index (κ2) is 8.12. The Balaban J connectivity index is 1.97. The van der Waals surface area contributed by atoms with E-state index in [1.54, 1.807) is 31.2 Å². The lowest BCUT2D eigenvalue weighted by Crippen LogP contribution is -2.22. The number of carbonyl (C=O) groups is 1. The number of rotatable bonds is 5. The molecule has 1 aliphatic rings. The van der Waals surface area contributed by atoms with E-state index in [9.17, 15) is 20.3 Å². The predicted octanol–water partition coefficient (Wildman–Crippen LogP) is 2.82. The van der Waals surface area contributed by atoms with Gasteiger partial charge in [0, 0.05) is 0 Å². The van der Waals surface area contributed by atoms with Crippen LogP contribution in [0.5, 0.6) is 23.1 Å². The average molecular weight is 448 g/mol. The number of ether oxygens (including phenoxy) is 3. The van der Waals surface area contributed by atoms with E-state index in [4.69, 9.17) is 19.9 Å². The van der Waals surface area contributed by atoms with Gasteiger partial charge < -0.3 is 30.2 Å². The molecule has 33 heavy (non-hydrogen) atoms. The molecule has 2 aromatic carbocycles. The summed E-state index contributed by atoms with van der Waals surface area (Å²) in [5.41, 5.74) is 8.48. The smallest absolute Gasteiger partial charge is 0.335 e. The lowest BCUT2D eigenvalue weighted by atomic mass is 9.84. The van der Waals surface area contributed by atoms with Crippen LogP contribution < -0.4 is 19.9 Å². The molecule has 0 saturated heterocycles. The van der Waals surface area contributed by atoms with Crippen molar-refractivity contribution in [1.29, 1.82) is 5.26 Å². The van der Waals surface area contributed by atoms with Crippen molar-refractivity contribution < 1.29 is 29.2 Å². The summed E-state index contributed by atoms with van der Waals surface area (Å²) < 4.78 is 17.8. The van der Waals surface area contributed by atoms with Gasteiger partial charge in [-0.05, 0) is 42.8 Å². The van der Waals surface area contributed by atoms with Gasteiger partial charge in [0.1, 0.15) is 11.6 Å². The van der Waals surface area contributed by atoms with Crippen molar-refractivity contribution in [3.63, 3.8) is 0 Å². The van der Waals surface area contributed by atoms with Crippen LogP contribution in [0.3, 0.4) is 0 Å². The first kappa shape index (κ1) is 21.6. The molecule has 4 rings (SSSR count). The van der Waals surface area contributed by atoms with Crippen LogP contribution in [0.4, 0.5) is 0 Å². The van der Waals surface area contributed by atoms with E-state index in [2.05, 4.69) is 11.2 Å². The van der Waals surface area contributed by atoms with E-state index in [0.29, 0.717) is 22.5 Å². The zero-order chi connectivity index (χ0) is 23.9. The lowest BCUT2D eigenvalue weighted by molar-refractivity contribution is 0.0697. The molecule has 0 fully saturated rings. The highest BCUT2D eigenvalue weighted by atomic mass is 16.5. The molecule has 0 amide bonds. The molecule has 10 heteroatoms. The van der Waals surface area contributed by atoms with Crippen molar-refractivity contribution in [2.45, 2.75) is 12.8 Å². The Morgan fingerprint density at radius 2 is 1.91 bits per heavy atom. The molecule has 168 valence electrons. The van der Waals surface area contributed by atoms with Crippen LogP contribution in [0, 0.1) is 18.3 Å². The minimum Gasteiger partial charge on any atom is -0.502 e. The number of aryl methyl sites for hydroxylation is 1. The number of carboxylic acid groups (broad SMARTS) is 1. The third-order valence-electron chi connectivity index (χ3n) is 5.41. The minimum absolute atomic E-state index is 0.0796. The molecule has 1 unspecified atom stereocenters. The molecular weight excluding hydrogens is 428 g/mol. The molecule has 0 spiro atoms. The summed E-state index contributed by atoms with van der Waals surface area (Å²) in [6, 6.07) is 11.5. The number of aromatic nitrogens is 2. The van der Waals surface area contributed by atoms with Crippen LogP contribution in [0.25, 0.3) is 5.69 Å². The van der Waals surface area contributed by atoms with E-state index < -0.39 is 11.9 Å². The maximum Gasteiger partial charge on any atom is 0.335 e. The van der Waals surface area contributed by atoms with Crippen LogP contribution in [-0.4, -0.2) is 40.2 Å². The number of nitriles is 1. The molecule has 0 saturated carbocycles. The summed E-state index contributed by atoms with van der Waals surface area (Å²) >= 11 is 0. The second-order valence-electron chi connectivity index (χ2n) is 7.27. The number of nitrogens with zero attached hydrogens (tertiary/aromatic N) is 3. The number of hydrogen-bond acceptors (Lipinski definition) is 8. The van der Waals surface area contributed by atoms with Crippen LogP contribution in [0.15, 0.2) is 47.9 Å². The Morgan fingerprint density at radius 3 is 2.48 bits per heavy atom. The Labute approximate surface area is 188 Å². The Kier molecular flexibility index (Phi) is 5.31. The summed E-state index contributed by atoms with van der Waals surface area (Å²) in [5, 5.41) is 34.1. The lowest BCUT2D eigenvalue weighted by Gasteiger charge is -2.25. The summed E-state index contributed by atoms with van der Waals surface area (Å²) in [5.74, 6) is -1.50. The first-order chi connectivity index (χ1) is 15.8. The number of aromatic hydroxyl groups is 1. The average Bonchev–Trinajstić information content (AvgIpc) is 3.14. The first-order valence-corrected chi connectivity index (χ1v) is 9.76. The van der Waals surface area contributed by atoms with Gasteiger partial charge in [-0.3, -0.25) is 0 Å². The van der Waals surface area contributed by atoms with Gasteiger partial charge in [0.2, 0.25) is 17.5 Å². The Bertz CT molecular complexity index is 1330. The molecule has 2 heterocycles. The number of allylic oxidation sites excluding steroid dienone is 1. The molecule has 1 aliphatic heterocycles. The molecule has 10 nitrogen and oxygen atoms in total. The summed E-state index contributed by atoms with van der Waals surface area (Å²) in [4.78, 5) is 11.4. The minimum atomic E-state index is -1.08. The standard InChI is InChI=1S/C23H20N4O6/c1-11-18-19(13-8-16(31-2)20(28)17(9-13)32-3)15(10-24)21(25)33-22(18)27(26-11)14-6-4-5-12(7-14)23(29)30/h4-9,19,28H,25H2,1-3H3,(H,29,30). The van der Waals surface area contributed by atoms with Crippen LogP contribution in [0.2, 0.25) is 0 Å². The molecule has 3 aromatic rings. The quantitative estimate of drug-likeness (QED) is 0.535. The predicted molar refractivity (Wildman–Crippen MR) is 116 cm³/mol. The van der Waals surface area contributed by atoms with Crippen molar-refractivity contribution in [1.82, 2.24) is 9.78 Å². The molecule has 0 radical (unpaired) electrons. The van der Waals surface area contributed by atoms with E-state index in [1.807, 2.05) is 0 Å². The van der Waals surface area contributed by atoms with Gasteiger partial charge in [-0.25, -0.2) is 9.48 Å². The van der Waals surface area contributed by atoms with Gasteiger partial charge in [-0.2, -0.15) is 10.4 Å².